The Kier molecular flexibility index (Phi) is 3.50. The van der Waals surface area contributed by atoms with E-state index >= 15 is 0 Å². The van der Waals surface area contributed by atoms with Crippen molar-refractivity contribution in [2.75, 3.05) is 33.4 Å². The van der Waals surface area contributed by atoms with Gasteiger partial charge in [0.25, 0.3) is 0 Å². The van der Waals surface area contributed by atoms with Crippen molar-refractivity contribution in [1.29, 1.82) is 0 Å². The molecule has 0 bridgehead atoms. The summed E-state index contributed by atoms with van der Waals surface area (Å²) in [5.74, 6) is 1.72. The molecule has 0 aliphatic carbocycles. The van der Waals surface area contributed by atoms with E-state index < -0.39 is 0 Å². The second-order valence-electron chi connectivity index (χ2n) is 5.86. The van der Waals surface area contributed by atoms with Gasteiger partial charge in [-0.3, -0.25) is 0 Å². The summed E-state index contributed by atoms with van der Waals surface area (Å²) in [6, 6.07) is 6.63. The lowest BCUT2D eigenvalue weighted by Crippen LogP contribution is -2.54. The fraction of sp³-hybridized carbons (Fsp3) is 0.625. The Labute approximate surface area is 115 Å². The van der Waals surface area contributed by atoms with Crippen LogP contribution in [0.1, 0.15) is 24.0 Å². The molecular weight excluding hydrogens is 238 g/mol. The number of hydrogen-bond donors (Lipinski definition) is 1. The van der Waals surface area contributed by atoms with Crippen LogP contribution in [0.5, 0.6) is 5.75 Å². The van der Waals surface area contributed by atoms with E-state index in [0.29, 0.717) is 0 Å². The predicted octanol–water partition coefficient (Wildman–Crippen LogP) is 2.27. The van der Waals surface area contributed by atoms with Crippen LogP contribution in [0.25, 0.3) is 0 Å². The minimum absolute atomic E-state index is 0.249. The van der Waals surface area contributed by atoms with E-state index in [1.807, 2.05) is 0 Å². The largest absolute Gasteiger partial charge is 0.496 e. The maximum Gasteiger partial charge on any atom is 0.121 e. The van der Waals surface area contributed by atoms with E-state index in [2.05, 4.69) is 30.4 Å². The summed E-state index contributed by atoms with van der Waals surface area (Å²) in [5.41, 5.74) is 2.91. The molecule has 0 amide bonds. The van der Waals surface area contributed by atoms with Crippen LogP contribution in [-0.4, -0.2) is 33.4 Å². The molecule has 0 saturated carbocycles. The van der Waals surface area contributed by atoms with Gasteiger partial charge in [-0.15, -0.1) is 0 Å². The highest BCUT2D eigenvalue weighted by Crippen LogP contribution is 2.44. The topological polar surface area (TPSA) is 30.5 Å². The molecule has 3 nitrogen and oxygen atoms in total. The van der Waals surface area contributed by atoms with E-state index in [-0.39, 0.29) is 5.41 Å². The predicted molar refractivity (Wildman–Crippen MR) is 75.8 cm³/mol. The number of aryl methyl sites for hydroxylation is 1. The summed E-state index contributed by atoms with van der Waals surface area (Å²) in [6.45, 7) is 6.16. The average Bonchev–Trinajstić information content (AvgIpc) is 2.39. The zero-order chi connectivity index (χ0) is 13.3. The van der Waals surface area contributed by atoms with Crippen LogP contribution >= 0.6 is 0 Å². The molecule has 0 atom stereocenters. The Hall–Kier alpha value is -1.06. The molecule has 2 aliphatic rings. The highest BCUT2D eigenvalue weighted by Gasteiger charge is 2.47. The molecule has 3 heteroatoms. The quantitative estimate of drug-likeness (QED) is 0.905. The normalized spacial score (nSPS) is 22.8. The second-order valence-corrected chi connectivity index (χ2v) is 5.86. The summed E-state index contributed by atoms with van der Waals surface area (Å²) in [7, 11) is 1.73. The van der Waals surface area contributed by atoms with Crippen LogP contribution in [-0.2, 0) is 10.2 Å². The molecule has 19 heavy (non-hydrogen) atoms. The third-order valence-electron chi connectivity index (χ3n) is 4.81. The van der Waals surface area contributed by atoms with Gasteiger partial charge in [-0.25, -0.2) is 0 Å². The van der Waals surface area contributed by atoms with Gasteiger partial charge in [0.15, 0.2) is 0 Å². The summed E-state index contributed by atoms with van der Waals surface area (Å²) >= 11 is 0. The lowest BCUT2D eigenvalue weighted by molar-refractivity contribution is -0.0964. The minimum atomic E-state index is 0.249. The molecule has 2 fully saturated rings. The van der Waals surface area contributed by atoms with Gasteiger partial charge in [0.05, 0.1) is 20.3 Å². The van der Waals surface area contributed by atoms with Gasteiger partial charge in [-0.2, -0.15) is 0 Å². The molecule has 3 rings (SSSR count). The number of benzene rings is 1. The van der Waals surface area contributed by atoms with Crippen molar-refractivity contribution < 1.29 is 9.47 Å². The molecular formula is C16H23NO2. The van der Waals surface area contributed by atoms with Crippen molar-refractivity contribution in [3.05, 3.63) is 29.3 Å². The van der Waals surface area contributed by atoms with Crippen molar-refractivity contribution in [2.24, 2.45) is 5.92 Å². The van der Waals surface area contributed by atoms with Gasteiger partial charge >= 0.3 is 0 Å². The van der Waals surface area contributed by atoms with Crippen LogP contribution in [0.2, 0.25) is 0 Å². The van der Waals surface area contributed by atoms with Crippen LogP contribution in [0.15, 0.2) is 18.2 Å². The number of hydrogen-bond acceptors (Lipinski definition) is 3. The van der Waals surface area contributed by atoms with Crippen molar-refractivity contribution >= 4 is 0 Å². The Morgan fingerprint density at radius 2 is 2.00 bits per heavy atom. The standard InChI is InChI=1S/C16H23NO2/c1-12-9-14(3-4-15(12)18-2)16(10-19-11-16)13-5-7-17-8-6-13/h3-4,9,13,17H,5-8,10-11H2,1-2H3. The highest BCUT2D eigenvalue weighted by atomic mass is 16.5. The number of nitrogens with one attached hydrogen (secondary N) is 1. The fourth-order valence-electron chi connectivity index (χ4n) is 3.52. The van der Waals surface area contributed by atoms with Crippen LogP contribution in [0.4, 0.5) is 0 Å². The monoisotopic (exact) mass is 261 g/mol. The molecule has 2 saturated heterocycles. The molecule has 1 aromatic rings. The molecule has 0 unspecified atom stereocenters. The molecule has 104 valence electrons. The third-order valence-corrected chi connectivity index (χ3v) is 4.81. The van der Waals surface area contributed by atoms with Gasteiger partial charge in [0.1, 0.15) is 5.75 Å². The van der Waals surface area contributed by atoms with Crippen LogP contribution in [0, 0.1) is 12.8 Å². The molecule has 2 aliphatic heterocycles. The Morgan fingerprint density at radius 1 is 1.26 bits per heavy atom. The number of ether oxygens (including phenoxy) is 2. The van der Waals surface area contributed by atoms with Crippen molar-refractivity contribution in [3.63, 3.8) is 0 Å². The first-order valence-corrected chi connectivity index (χ1v) is 7.20. The lowest BCUT2D eigenvalue weighted by Gasteiger charge is -2.49. The second kappa shape index (κ2) is 5.14. The molecule has 2 heterocycles. The fourth-order valence-corrected chi connectivity index (χ4v) is 3.52. The van der Waals surface area contributed by atoms with E-state index in [4.69, 9.17) is 9.47 Å². The van der Waals surface area contributed by atoms with Crippen LogP contribution in [0.3, 0.4) is 0 Å². The minimum Gasteiger partial charge on any atom is -0.496 e. The maximum atomic E-state index is 5.59. The van der Waals surface area contributed by atoms with Gasteiger partial charge < -0.3 is 14.8 Å². The summed E-state index contributed by atoms with van der Waals surface area (Å²) < 4.78 is 11.0. The number of piperidine rings is 1. The third kappa shape index (κ3) is 2.15. The Bertz CT molecular complexity index is 448. The molecule has 0 spiro atoms. The molecule has 1 N–H and O–H groups in total. The first-order chi connectivity index (χ1) is 9.26. The molecule has 0 aromatic heterocycles. The Balaban J connectivity index is 1.90. The number of rotatable bonds is 3. The smallest absolute Gasteiger partial charge is 0.121 e. The van der Waals surface area contributed by atoms with E-state index in [9.17, 15) is 0 Å². The van der Waals surface area contributed by atoms with E-state index in [1.165, 1.54) is 24.0 Å². The van der Waals surface area contributed by atoms with E-state index in [0.717, 1.165) is 38.0 Å². The first kappa shape index (κ1) is 12.9. The first-order valence-electron chi connectivity index (χ1n) is 7.20. The maximum absolute atomic E-state index is 5.59. The number of methoxy groups -OCH3 is 1. The van der Waals surface area contributed by atoms with Crippen molar-refractivity contribution in [3.8, 4) is 5.75 Å². The lowest BCUT2D eigenvalue weighted by atomic mass is 9.65. The van der Waals surface area contributed by atoms with Crippen molar-refractivity contribution in [2.45, 2.75) is 25.2 Å². The Morgan fingerprint density at radius 3 is 2.53 bits per heavy atom. The van der Waals surface area contributed by atoms with Gasteiger partial charge in [-0.05, 0) is 56.0 Å². The van der Waals surface area contributed by atoms with Crippen molar-refractivity contribution in [1.82, 2.24) is 5.32 Å². The van der Waals surface area contributed by atoms with Gasteiger partial charge in [0.2, 0.25) is 0 Å². The molecule has 0 radical (unpaired) electrons. The average molecular weight is 261 g/mol. The summed E-state index contributed by atoms with van der Waals surface area (Å²) in [6.07, 6.45) is 2.52. The van der Waals surface area contributed by atoms with Crippen LogP contribution < -0.4 is 10.1 Å². The molecule has 1 aromatic carbocycles. The summed E-state index contributed by atoms with van der Waals surface area (Å²) in [5, 5.41) is 3.46. The zero-order valence-electron chi connectivity index (χ0n) is 11.9. The van der Waals surface area contributed by atoms with Gasteiger partial charge in [0, 0.05) is 5.41 Å². The highest BCUT2D eigenvalue weighted by molar-refractivity contribution is 5.41. The van der Waals surface area contributed by atoms with E-state index in [1.54, 1.807) is 7.11 Å². The summed E-state index contributed by atoms with van der Waals surface area (Å²) in [4.78, 5) is 0. The van der Waals surface area contributed by atoms with Gasteiger partial charge in [-0.1, -0.05) is 12.1 Å². The SMILES string of the molecule is COc1ccc(C2(C3CCNCC3)COC2)cc1C. The zero-order valence-corrected chi connectivity index (χ0v) is 11.9.